The van der Waals surface area contributed by atoms with Gasteiger partial charge in [-0.15, -0.1) is 0 Å². The van der Waals surface area contributed by atoms with Crippen LogP contribution in [0.3, 0.4) is 0 Å². The van der Waals surface area contributed by atoms with E-state index in [9.17, 15) is 9.59 Å². The number of rotatable bonds is 7. The van der Waals surface area contributed by atoms with E-state index < -0.39 is 5.25 Å². The summed E-state index contributed by atoms with van der Waals surface area (Å²) in [5.41, 5.74) is 1.46. The van der Waals surface area contributed by atoms with Crippen molar-refractivity contribution in [2.75, 3.05) is 19.5 Å². The summed E-state index contributed by atoms with van der Waals surface area (Å²) < 4.78 is 12.0. The van der Waals surface area contributed by atoms with Crippen LogP contribution in [0.1, 0.15) is 6.92 Å². The van der Waals surface area contributed by atoms with Gasteiger partial charge in [-0.05, 0) is 49.4 Å². The fraction of sp³-hybridized carbons (Fsp3) is 0.160. The molecule has 4 aromatic rings. The van der Waals surface area contributed by atoms with E-state index in [4.69, 9.17) is 21.1 Å². The van der Waals surface area contributed by atoms with Crippen molar-refractivity contribution in [3.63, 3.8) is 0 Å². The molecule has 0 fully saturated rings. The number of fused-ring (bicyclic) bond motifs is 1. The third-order valence-electron chi connectivity index (χ3n) is 5.11. The lowest BCUT2D eigenvalue weighted by Gasteiger charge is -2.17. The van der Waals surface area contributed by atoms with Crippen molar-refractivity contribution < 1.29 is 14.3 Å². The molecule has 0 radical (unpaired) electrons. The van der Waals surface area contributed by atoms with Crippen LogP contribution in [0.2, 0.25) is 5.02 Å². The molecule has 3 aromatic carbocycles. The lowest BCUT2D eigenvalue weighted by molar-refractivity contribution is -0.115. The normalized spacial score (nSPS) is 11.8. The van der Waals surface area contributed by atoms with Crippen molar-refractivity contribution in [1.29, 1.82) is 0 Å². The van der Waals surface area contributed by atoms with Crippen LogP contribution in [0.25, 0.3) is 16.6 Å². The molecule has 4 rings (SSSR count). The van der Waals surface area contributed by atoms with Crippen molar-refractivity contribution in [3.05, 3.63) is 82.1 Å². The lowest BCUT2D eigenvalue weighted by atomic mass is 10.2. The Morgan fingerprint density at radius 2 is 1.79 bits per heavy atom. The van der Waals surface area contributed by atoms with Gasteiger partial charge in [-0.1, -0.05) is 41.6 Å². The standard InChI is InChI=1S/C25H22ClN3O4S/c1-15(23(30)27-17-11-12-21(32-2)22(14-17)33-3)34-25-28-20-10-5-4-9-19(20)24(31)29(25)18-8-6-7-16(26)13-18/h4-15H,1-3H3,(H,27,30). The second-order valence-electron chi connectivity index (χ2n) is 7.35. The Morgan fingerprint density at radius 1 is 1.03 bits per heavy atom. The van der Waals surface area contributed by atoms with Gasteiger partial charge >= 0.3 is 0 Å². The number of halogens is 1. The van der Waals surface area contributed by atoms with E-state index in [0.717, 1.165) is 0 Å². The minimum absolute atomic E-state index is 0.233. The number of hydrogen-bond donors (Lipinski definition) is 1. The van der Waals surface area contributed by atoms with Gasteiger partial charge in [-0.2, -0.15) is 0 Å². The van der Waals surface area contributed by atoms with Crippen LogP contribution in [0, 0.1) is 0 Å². The van der Waals surface area contributed by atoms with Gasteiger partial charge in [-0.3, -0.25) is 14.2 Å². The van der Waals surface area contributed by atoms with Crippen molar-refractivity contribution in [2.24, 2.45) is 0 Å². The topological polar surface area (TPSA) is 82.5 Å². The summed E-state index contributed by atoms with van der Waals surface area (Å²) in [6.45, 7) is 1.75. The highest BCUT2D eigenvalue weighted by molar-refractivity contribution is 8.00. The van der Waals surface area contributed by atoms with Crippen molar-refractivity contribution in [3.8, 4) is 17.2 Å². The summed E-state index contributed by atoms with van der Waals surface area (Å²) in [6.07, 6.45) is 0. The predicted octanol–water partition coefficient (Wildman–Crippen LogP) is 5.18. The predicted molar refractivity (Wildman–Crippen MR) is 136 cm³/mol. The first-order valence-electron chi connectivity index (χ1n) is 10.4. The number of benzene rings is 3. The number of amides is 1. The number of nitrogens with zero attached hydrogens (tertiary/aromatic N) is 2. The van der Waals surface area contributed by atoms with Crippen LogP contribution < -0.4 is 20.3 Å². The zero-order chi connectivity index (χ0) is 24.2. The van der Waals surface area contributed by atoms with Crippen LogP contribution in [-0.2, 0) is 4.79 Å². The summed E-state index contributed by atoms with van der Waals surface area (Å²) in [5.74, 6) is 0.817. The number of ether oxygens (including phenoxy) is 2. The molecule has 0 spiro atoms. The monoisotopic (exact) mass is 495 g/mol. The van der Waals surface area contributed by atoms with Gasteiger partial charge in [0.25, 0.3) is 5.56 Å². The molecule has 7 nitrogen and oxygen atoms in total. The molecular weight excluding hydrogens is 474 g/mol. The van der Waals surface area contributed by atoms with E-state index in [0.29, 0.717) is 44.0 Å². The summed E-state index contributed by atoms with van der Waals surface area (Å²) in [5, 5.41) is 3.68. The number of nitrogens with one attached hydrogen (secondary N) is 1. The number of anilines is 1. The number of carbonyl (C=O) groups excluding carboxylic acids is 1. The molecule has 9 heteroatoms. The molecule has 0 aliphatic carbocycles. The van der Waals surface area contributed by atoms with E-state index in [1.54, 1.807) is 74.7 Å². The molecule has 0 saturated carbocycles. The van der Waals surface area contributed by atoms with E-state index in [1.807, 2.05) is 6.07 Å². The van der Waals surface area contributed by atoms with Gasteiger partial charge in [0.15, 0.2) is 16.7 Å². The van der Waals surface area contributed by atoms with E-state index in [2.05, 4.69) is 10.3 Å². The number of hydrogen-bond acceptors (Lipinski definition) is 6. The lowest BCUT2D eigenvalue weighted by Crippen LogP contribution is -2.26. The zero-order valence-corrected chi connectivity index (χ0v) is 20.3. The first-order chi connectivity index (χ1) is 16.4. The minimum atomic E-state index is -0.563. The number of thioether (sulfide) groups is 1. The second-order valence-corrected chi connectivity index (χ2v) is 9.10. The fourth-order valence-electron chi connectivity index (χ4n) is 3.40. The summed E-state index contributed by atoms with van der Waals surface area (Å²) in [6, 6.07) is 19.2. The highest BCUT2D eigenvalue weighted by Gasteiger charge is 2.21. The second kappa shape index (κ2) is 10.2. The molecule has 34 heavy (non-hydrogen) atoms. The van der Waals surface area contributed by atoms with Gasteiger partial charge in [0, 0.05) is 16.8 Å². The third kappa shape index (κ3) is 4.88. The van der Waals surface area contributed by atoms with Crippen LogP contribution in [0.4, 0.5) is 5.69 Å². The summed E-state index contributed by atoms with van der Waals surface area (Å²) in [4.78, 5) is 31.0. The van der Waals surface area contributed by atoms with Crippen molar-refractivity contribution in [2.45, 2.75) is 17.3 Å². The Balaban J connectivity index is 1.68. The molecule has 174 valence electrons. The number of methoxy groups -OCH3 is 2. The van der Waals surface area contributed by atoms with E-state index >= 15 is 0 Å². The Kier molecular flexibility index (Phi) is 7.09. The highest BCUT2D eigenvalue weighted by Crippen LogP contribution is 2.31. The van der Waals surface area contributed by atoms with Gasteiger partial charge in [0.1, 0.15) is 0 Å². The molecule has 1 aromatic heterocycles. The maximum absolute atomic E-state index is 13.4. The number of carbonyl (C=O) groups is 1. The van der Waals surface area contributed by atoms with Crippen molar-refractivity contribution in [1.82, 2.24) is 9.55 Å². The molecule has 1 atom stereocenters. The maximum Gasteiger partial charge on any atom is 0.266 e. The Labute approximate surface area is 205 Å². The molecular formula is C25H22ClN3O4S. The van der Waals surface area contributed by atoms with E-state index in [1.165, 1.54) is 23.4 Å². The summed E-state index contributed by atoms with van der Waals surface area (Å²) >= 11 is 7.37. The first-order valence-corrected chi connectivity index (χ1v) is 11.6. The molecule has 0 bridgehead atoms. The highest BCUT2D eigenvalue weighted by atomic mass is 35.5. The van der Waals surface area contributed by atoms with Gasteiger partial charge in [0.05, 0.1) is 36.1 Å². The molecule has 1 N–H and O–H groups in total. The average Bonchev–Trinajstić information content (AvgIpc) is 2.84. The van der Waals surface area contributed by atoms with Crippen LogP contribution in [-0.4, -0.2) is 34.9 Å². The largest absolute Gasteiger partial charge is 0.493 e. The quantitative estimate of drug-likeness (QED) is 0.281. The Morgan fingerprint density at radius 3 is 2.53 bits per heavy atom. The molecule has 0 aliphatic heterocycles. The zero-order valence-electron chi connectivity index (χ0n) is 18.7. The smallest absolute Gasteiger partial charge is 0.266 e. The molecule has 1 amide bonds. The first kappa shape index (κ1) is 23.7. The van der Waals surface area contributed by atoms with Gasteiger partial charge in [-0.25, -0.2) is 4.98 Å². The average molecular weight is 496 g/mol. The van der Waals surface area contributed by atoms with Crippen molar-refractivity contribution >= 4 is 45.9 Å². The molecule has 0 aliphatic rings. The Bertz CT molecular complexity index is 1420. The van der Waals surface area contributed by atoms with Crippen LogP contribution >= 0.6 is 23.4 Å². The molecule has 1 unspecified atom stereocenters. The Hall–Kier alpha value is -3.49. The molecule has 1 heterocycles. The van der Waals surface area contributed by atoms with Crippen LogP contribution in [0.5, 0.6) is 11.5 Å². The van der Waals surface area contributed by atoms with Crippen LogP contribution in [0.15, 0.2) is 76.7 Å². The summed E-state index contributed by atoms with van der Waals surface area (Å²) in [7, 11) is 3.08. The van der Waals surface area contributed by atoms with Gasteiger partial charge < -0.3 is 14.8 Å². The maximum atomic E-state index is 13.4. The molecule has 0 saturated heterocycles. The van der Waals surface area contributed by atoms with Gasteiger partial charge in [0.2, 0.25) is 5.91 Å². The third-order valence-corrected chi connectivity index (χ3v) is 6.40. The minimum Gasteiger partial charge on any atom is -0.493 e. The number of para-hydroxylation sites is 1. The fourth-order valence-corrected chi connectivity index (χ4v) is 4.52. The van der Waals surface area contributed by atoms with E-state index in [-0.39, 0.29) is 11.5 Å². The number of aromatic nitrogens is 2. The SMILES string of the molecule is COc1ccc(NC(=O)C(C)Sc2nc3ccccc3c(=O)n2-c2cccc(Cl)c2)cc1OC.